The van der Waals surface area contributed by atoms with Crippen LogP contribution in [0.25, 0.3) is 0 Å². The largest absolute Gasteiger partial charge is 0.453 e. The highest BCUT2D eigenvalue weighted by Crippen LogP contribution is 2.18. The number of amides is 1. The van der Waals surface area contributed by atoms with Crippen LogP contribution in [0.4, 0.5) is 4.39 Å². The predicted octanol–water partition coefficient (Wildman–Crippen LogP) is 3.48. The molecule has 0 aliphatic heterocycles. The van der Waals surface area contributed by atoms with Crippen LogP contribution in [-0.2, 0) is 11.3 Å². The Morgan fingerprint density at radius 1 is 1.27 bits per heavy atom. The number of rotatable bonds is 8. The fraction of sp³-hybridized carbons (Fsp3) is 0.312. The van der Waals surface area contributed by atoms with Crippen molar-refractivity contribution in [2.45, 2.75) is 17.9 Å². The third-order valence-electron chi connectivity index (χ3n) is 2.86. The molecule has 2 rings (SSSR count). The van der Waals surface area contributed by atoms with Gasteiger partial charge in [0.2, 0.25) is 0 Å². The second-order valence-corrected chi connectivity index (χ2v) is 5.78. The Kier molecular flexibility index (Phi) is 6.48. The van der Waals surface area contributed by atoms with Gasteiger partial charge < -0.3 is 14.5 Å². The fourth-order valence-electron chi connectivity index (χ4n) is 1.80. The summed E-state index contributed by atoms with van der Waals surface area (Å²) in [7, 11) is 1.57. The summed E-state index contributed by atoms with van der Waals surface area (Å²) >= 11 is 1.63. The van der Waals surface area contributed by atoms with E-state index >= 15 is 0 Å². The summed E-state index contributed by atoms with van der Waals surface area (Å²) in [5.41, 5.74) is 0. The normalized spacial score (nSPS) is 10.6. The van der Waals surface area contributed by atoms with Crippen molar-refractivity contribution in [1.82, 2.24) is 5.32 Å². The lowest BCUT2D eigenvalue weighted by Crippen LogP contribution is -2.24. The van der Waals surface area contributed by atoms with Gasteiger partial charge in [0.05, 0.1) is 0 Å². The van der Waals surface area contributed by atoms with Crippen LogP contribution in [0.5, 0.6) is 0 Å². The van der Waals surface area contributed by atoms with E-state index in [0.29, 0.717) is 24.7 Å². The Bertz CT molecular complexity index is 598. The van der Waals surface area contributed by atoms with Crippen LogP contribution in [0.1, 0.15) is 22.7 Å². The molecule has 0 spiro atoms. The lowest BCUT2D eigenvalue weighted by molar-refractivity contribution is 0.0917. The van der Waals surface area contributed by atoms with Crippen LogP contribution in [0.3, 0.4) is 0 Å². The summed E-state index contributed by atoms with van der Waals surface area (Å²) < 4.78 is 23.0. The van der Waals surface area contributed by atoms with Gasteiger partial charge in [0.15, 0.2) is 5.76 Å². The Balaban J connectivity index is 1.65. The van der Waals surface area contributed by atoms with Crippen LogP contribution in [0.15, 0.2) is 45.7 Å². The van der Waals surface area contributed by atoms with Gasteiger partial charge in [-0.2, -0.15) is 0 Å². The number of hydrogen-bond donors (Lipinski definition) is 1. The fourth-order valence-corrected chi connectivity index (χ4v) is 2.65. The summed E-state index contributed by atoms with van der Waals surface area (Å²) in [5.74, 6) is 1.30. The third-order valence-corrected chi connectivity index (χ3v) is 3.96. The Morgan fingerprint density at radius 3 is 2.77 bits per heavy atom. The van der Waals surface area contributed by atoms with Gasteiger partial charge in [0.25, 0.3) is 5.91 Å². The number of hydrogen-bond acceptors (Lipinski definition) is 4. The van der Waals surface area contributed by atoms with E-state index < -0.39 is 0 Å². The van der Waals surface area contributed by atoms with E-state index in [2.05, 4.69) is 5.32 Å². The van der Waals surface area contributed by atoms with Crippen molar-refractivity contribution >= 4 is 17.7 Å². The minimum atomic E-state index is -0.233. The van der Waals surface area contributed by atoms with Gasteiger partial charge in [0, 0.05) is 18.6 Å². The smallest absolute Gasteiger partial charge is 0.286 e. The number of furan rings is 1. The highest BCUT2D eigenvalue weighted by Gasteiger charge is 2.10. The number of benzene rings is 1. The maximum absolute atomic E-state index is 12.8. The topological polar surface area (TPSA) is 51.5 Å². The second-order valence-electron chi connectivity index (χ2n) is 4.61. The Hall–Kier alpha value is -1.79. The molecule has 4 nitrogen and oxygen atoms in total. The van der Waals surface area contributed by atoms with Crippen molar-refractivity contribution in [2.24, 2.45) is 0 Å². The molecular formula is C16H18FNO3S. The molecule has 118 valence electrons. The SMILES string of the molecule is COCc1ccc(C(=O)NCCCSc2ccc(F)cc2)o1. The molecule has 1 aromatic carbocycles. The zero-order valence-corrected chi connectivity index (χ0v) is 13.1. The van der Waals surface area contributed by atoms with E-state index in [9.17, 15) is 9.18 Å². The summed E-state index contributed by atoms with van der Waals surface area (Å²) in [6.07, 6.45) is 0.819. The predicted molar refractivity (Wildman–Crippen MR) is 83.5 cm³/mol. The van der Waals surface area contributed by atoms with Crippen molar-refractivity contribution in [3.8, 4) is 0 Å². The molecule has 22 heavy (non-hydrogen) atoms. The summed E-state index contributed by atoms with van der Waals surface area (Å²) in [6.45, 7) is 0.912. The molecule has 1 aromatic heterocycles. The maximum atomic E-state index is 12.8. The molecule has 0 aliphatic carbocycles. The molecule has 1 amide bonds. The number of methoxy groups -OCH3 is 1. The van der Waals surface area contributed by atoms with Crippen LogP contribution >= 0.6 is 11.8 Å². The lowest BCUT2D eigenvalue weighted by Gasteiger charge is -2.04. The summed E-state index contributed by atoms with van der Waals surface area (Å²) in [5, 5.41) is 2.80. The first-order valence-electron chi connectivity index (χ1n) is 6.93. The molecule has 0 fully saturated rings. The van der Waals surface area contributed by atoms with Gasteiger partial charge in [-0.1, -0.05) is 0 Å². The molecule has 0 bridgehead atoms. The van der Waals surface area contributed by atoms with Crippen molar-refractivity contribution in [2.75, 3.05) is 19.4 Å². The van der Waals surface area contributed by atoms with Crippen LogP contribution in [0, 0.1) is 5.82 Å². The third kappa shape index (κ3) is 5.20. The van der Waals surface area contributed by atoms with E-state index in [0.717, 1.165) is 17.1 Å². The van der Waals surface area contributed by atoms with Crippen molar-refractivity contribution in [3.05, 3.63) is 53.7 Å². The molecule has 0 saturated heterocycles. The maximum Gasteiger partial charge on any atom is 0.286 e. The first-order valence-corrected chi connectivity index (χ1v) is 7.92. The van der Waals surface area contributed by atoms with E-state index in [-0.39, 0.29) is 11.7 Å². The zero-order chi connectivity index (χ0) is 15.8. The van der Waals surface area contributed by atoms with E-state index in [1.54, 1.807) is 43.1 Å². The standard InChI is InChI=1S/C16H18FNO3S/c1-20-11-13-5-8-15(21-13)16(19)18-9-2-10-22-14-6-3-12(17)4-7-14/h3-8H,2,9-11H2,1H3,(H,18,19). The Morgan fingerprint density at radius 2 is 2.05 bits per heavy atom. The molecular weight excluding hydrogens is 305 g/mol. The summed E-state index contributed by atoms with van der Waals surface area (Å²) in [4.78, 5) is 12.9. The minimum absolute atomic E-state index is 0.228. The highest BCUT2D eigenvalue weighted by molar-refractivity contribution is 7.99. The first kappa shape index (κ1) is 16.6. The Labute approximate surface area is 133 Å². The van der Waals surface area contributed by atoms with Crippen LogP contribution in [-0.4, -0.2) is 25.3 Å². The van der Waals surface area contributed by atoms with E-state index in [1.807, 2.05) is 0 Å². The molecule has 0 unspecified atom stereocenters. The lowest BCUT2D eigenvalue weighted by atomic mass is 10.3. The van der Waals surface area contributed by atoms with E-state index in [1.165, 1.54) is 12.1 Å². The molecule has 0 saturated carbocycles. The quantitative estimate of drug-likeness (QED) is 0.597. The molecule has 0 aliphatic rings. The van der Waals surface area contributed by atoms with Gasteiger partial charge in [-0.15, -0.1) is 11.8 Å². The van der Waals surface area contributed by atoms with Gasteiger partial charge in [-0.3, -0.25) is 4.79 Å². The average Bonchev–Trinajstić information content (AvgIpc) is 2.98. The second kappa shape index (κ2) is 8.60. The van der Waals surface area contributed by atoms with Crippen LogP contribution < -0.4 is 5.32 Å². The summed E-state index contributed by atoms with van der Waals surface area (Å²) in [6, 6.07) is 9.74. The van der Waals surface area contributed by atoms with Gasteiger partial charge >= 0.3 is 0 Å². The molecule has 6 heteroatoms. The molecule has 0 radical (unpaired) electrons. The molecule has 1 N–H and O–H groups in total. The molecule has 0 atom stereocenters. The van der Waals surface area contributed by atoms with E-state index in [4.69, 9.17) is 9.15 Å². The monoisotopic (exact) mass is 323 g/mol. The number of thioether (sulfide) groups is 1. The van der Waals surface area contributed by atoms with Gasteiger partial charge in [-0.25, -0.2) is 4.39 Å². The highest BCUT2D eigenvalue weighted by atomic mass is 32.2. The molecule has 2 aromatic rings. The zero-order valence-electron chi connectivity index (χ0n) is 12.3. The molecule has 1 heterocycles. The number of carbonyl (C=O) groups excluding carboxylic acids is 1. The number of nitrogens with one attached hydrogen (secondary N) is 1. The van der Waals surface area contributed by atoms with Crippen molar-refractivity contribution in [3.63, 3.8) is 0 Å². The van der Waals surface area contributed by atoms with Gasteiger partial charge in [-0.05, 0) is 48.6 Å². The number of ether oxygens (including phenoxy) is 1. The number of carbonyl (C=O) groups is 1. The van der Waals surface area contributed by atoms with Crippen molar-refractivity contribution in [1.29, 1.82) is 0 Å². The first-order chi connectivity index (χ1) is 10.7. The minimum Gasteiger partial charge on any atom is -0.453 e. The van der Waals surface area contributed by atoms with Gasteiger partial charge in [0.1, 0.15) is 18.2 Å². The number of halogens is 1. The van der Waals surface area contributed by atoms with Crippen LogP contribution in [0.2, 0.25) is 0 Å². The average molecular weight is 323 g/mol. The van der Waals surface area contributed by atoms with Crippen molar-refractivity contribution < 1.29 is 18.3 Å².